The van der Waals surface area contributed by atoms with E-state index in [2.05, 4.69) is 0 Å². The molecule has 2 rings (SSSR count). The Labute approximate surface area is 82.6 Å². The predicted octanol–water partition coefficient (Wildman–Crippen LogP) is -0.396. The monoisotopic (exact) mass is 204 g/mol. The van der Waals surface area contributed by atoms with Gasteiger partial charge in [0.1, 0.15) is 18.3 Å². The summed E-state index contributed by atoms with van der Waals surface area (Å²) in [4.78, 5) is 0. The molecular formula is C9H16O5. The van der Waals surface area contributed by atoms with Gasteiger partial charge in [-0.3, -0.25) is 0 Å². The van der Waals surface area contributed by atoms with Crippen LogP contribution in [-0.4, -0.2) is 46.7 Å². The van der Waals surface area contributed by atoms with E-state index in [9.17, 15) is 10.2 Å². The highest BCUT2D eigenvalue weighted by Crippen LogP contribution is 2.38. The molecule has 0 unspecified atom stereocenters. The first-order valence-corrected chi connectivity index (χ1v) is 4.78. The van der Waals surface area contributed by atoms with Crippen LogP contribution in [0.4, 0.5) is 0 Å². The third-order valence-corrected chi connectivity index (χ3v) is 2.54. The molecule has 5 nitrogen and oxygen atoms in total. The van der Waals surface area contributed by atoms with Gasteiger partial charge in [-0.2, -0.15) is 0 Å². The molecule has 0 aromatic heterocycles. The van der Waals surface area contributed by atoms with Crippen molar-refractivity contribution in [1.29, 1.82) is 0 Å². The molecule has 2 heterocycles. The molecule has 2 saturated heterocycles. The Morgan fingerprint density at radius 3 is 2.36 bits per heavy atom. The van der Waals surface area contributed by atoms with Crippen LogP contribution < -0.4 is 0 Å². The number of hydrogen-bond acceptors (Lipinski definition) is 5. The molecule has 5 heteroatoms. The number of ether oxygens (including phenoxy) is 3. The van der Waals surface area contributed by atoms with Crippen LogP contribution in [-0.2, 0) is 14.2 Å². The molecule has 2 aliphatic heterocycles. The topological polar surface area (TPSA) is 68.2 Å². The van der Waals surface area contributed by atoms with Gasteiger partial charge in [0.05, 0.1) is 6.10 Å². The summed E-state index contributed by atoms with van der Waals surface area (Å²) in [5.74, 6) is -0.715. The molecular weight excluding hydrogens is 188 g/mol. The lowest BCUT2D eigenvalue weighted by atomic mass is 10.1. The van der Waals surface area contributed by atoms with E-state index in [4.69, 9.17) is 14.2 Å². The third-order valence-electron chi connectivity index (χ3n) is 2.54. The van der Waals surface area contributed by atoms with E-state index in [1.807, 2.05) is 0 Å². The molecule has 0 aromatic rings. The Kier molecular flexibility index (Phi) is 2.32. The van der Waals surface area contributed by atoms with E-state index >= 15 is 0 Å². The fourth-order valence-corrected chi connectivity index (χ4v) is 2.00. The Hall–Kier alpha value is -0.200. The first-order chi connectivity index (χ1) is 6.41. The first kappa shape index (κ1) is 10.3. The van der Waals surface area contributed by atoms with Gasteiger partial charge < -0.3 is 24.4 Å². The van der Waals surface area contributed by atoms with Gasteiger partial charge >= 0.3 is 0 Å². The normalized spacial score (nSPS) is 47.8. The zero-order chi connectivity index (χ0) is 10.5. The molecule has 82 valence electrons. The minimum absolute atomic E-state index is 0.389. The molecule has 0 saturated carbocycles. The second-order valence-electron chi connectivity index (χ2n) is 4.30. The van der Waals surface area contributed by atoms with Gasteiger partial charge in [0, 0.05) is 0 Å². The fourth-order valence-electron chi connectivity index (χ4n) is 2.00. The highest BCUT2D eigenvalue weighted by atomic mass is 16.8. The van der Waals surface area contributed by atoms with E-state index in [0.717, 1.165) is 0 Å². The van der Waals surface area contributed by atoms with Crippen molar-refractivity contribution < 1.29 is 24.4 Å². The number of rotatable bonds is 1. The zero-order valence-corrected chi connectivity index (χ0v) is 8.51. The summed E-state index contributed by atoms with van der Waals surface area (Å²) >= 11 is 0. The van der Waals surface area contributed by atoms with Gasteiger partial charge in [0.2, 0.25) is 0 Å². The van der Waals surface area contributed by atoms with Crippen LogP contribution in [0.25, 0.3) is 0 Å². The van der Waals surface area contributed by atoms with Crippen LogP contribution in [0.1, 0.15) is 20.8 Å². The lowest BCUT2D eigenvalue weighted by Gasteiger charge is -2.23. The summed E-state index contributed by atoms with van der Waals surface area (Å²) in [7, 11) is 0. The average molecular weight is 204 g/mol. The Morgan fingerprint density at radius 2 is 1.79 bits per heavy atom. The van der Waals surface area contributed by atoms with Crippen LogP contribution in [0.3, 0.4) is 0 Å². The number of fused-ring (bicyclic) bond motifs is 1. The summed E-state index contributed by atoms with van der Waals surface area (Å²) in [6.45, 7) is 5.16. The maximum atomic E-state index is 9.51. The van der Waals surface area contributed by atoms with E-state index in [0.29, 0.717) is 0 Å². The standard InChI is InChI=1S/C9H16O5/c1-4(10)5-6-7(8(11)12-5)14-9(2,3)13-6/h4-8,10-11H,1-3H3/t4-,5-,6-,7+,8-/m1/s1. The SMILES string of the molecule is C[C@@H](O)[C@H]1O[C@@H](O)[C@H]2OC(C)(C)O[C@@H]21. The van der Waals surface area contributed by atoms with Crippen molar-refractivity contribution in [3.63, 3.8) is 0 Å². The zero-order valence-electron chi connectivity index (χ0n) is 8.51. The molecule has 0 aromatic carbocycles. The summed E-state index contributed by atoms with van der Waals surface area (Å²) < 4.78 is 16.1. The highest BCUT2D eigenvalue weighted by Gasteiger charge is 2.55. The van der Waals surface area contributed by atoms with E-state index < -0.39 is 30.4 Å². The molecule has 2 N–H and O–H groups in total. The summed E-state index contributed by atoms with van der Waals surface area (Å²) in [5, 5.41) is 18.9. The molecule has 2 aliphatic rings. The maximum absolute atomic E-state index is 9.51. The summed E-state index contributed by atoms with van der Waals surface area (Å²) in [6, 6.07) is 0. The van der Waals surface area contributed by atoms with Gasteiger partial charge in [0.15, 0.2) is 12.1 Å². The van der Waals surface area contributed by atoms with E-state index in [1.165, 1.54) is 0 Å². The van der Waals surface area contributed by atoms with Gasteiger partial charge in [-0.05, 0) is 20.8 Å². The summed E-state index contributed by atoms with van der Waals surface area (Å²) in [6.07, 6.45) is -3.10. The van der Waals surface area contributed by atoms with Gasteiger partial charge in [-0.1, -0.05) is 0 Å². The minimum atomic E-state index is -1.01. The van der Waals surface area contributed by atoms with Crippen molar-refractivity contribution >= 4 is 0 Å². The fraction of sp³-hybridized carbons (Fsp3) is 1.00. The van der Waals surface area contributed by atoms with Gasteiger partial charge in [-0.25, -0.2) is 0 Å². The average Bonchev–Trinajstić information content (AvgIpc) is 2.47. The smallest absolute Gasteiger partial charge is 0.184 e. The molecule has 0 spiro atoms. The highest BCUT2D eigenvalue weighted by molar-refractivity contribution is 4.96. The lowest BCUT2D eigenvalue weighted by Crippen LogP contribution is -2.36. The van der Waals surface area contributed by atoms with Crippen LogP contribution in [0, 0.1) is 0 Å². The largest absolute Gasteiger partial charge is 0.391 e. The molecule has 2 fully saturated rings. The van der Waals surface area contributed by atoms with Crippen molar-refractivity contribution in [1.82, 2.24) is 0 Å². The lowest BCUT2D eigenvalue weighted by molar-refractivity contribution is -0.229. The number of aliphatic hydroxyl groups excluding tert-OH is 2. The molecule has 14 heavy (non-hydrogen) atoms. The summed E-state index contributed by atoms with van der Waals surface area (Å²) in [5.41, 5.74) is 0. The predicted molar refractivity (Wildman–Crippen MR) is 46.4 cm³/mol. The van der Waals surface area contributed by atoms with Crippen LogP contribution in [0.2, 0.25) is 0 Å². The number of hydrogen-bond donors (Lipinski definition) is 2. The quantitative estimate of drug-likeness (QED) is 0.608. The molecule has 0 amide bonds. The van der Waals surface area contributed by atoms with E-state index in [1.54, 1.807) is 20.8 Å². The van der Waals surface area contributed by atoms with Crippen molar-refractivity contribution in [2.45, 2.75) is 57.3 Å². The van der Waals surface area contributed by atoms with Crippen molar-refractivity contribution in [3.05, 3.63) is 0 Å². The first-order valence-electron chi connectivity index (χ1n) is 4.78. The van der Waals surface area contributed by atoms with E-state index in [-0.39, 0.29) is 6.10 Å². The van der Waals surface area contributed by atoms with Crippen LogP contribution >= 0.6 is 0 Å². The van der Waals surface area contributed by atoms with Crippen LogP contribution in [0.5, 0.6) is 0 Å². The third kappa shape index (κ3) is 1.55. The van der Waals surface area contributed by atoms with Crippen LogP contribution in [0.15, 0.2) is 0 Å². The van der Waals surface area contributed by atoms with Gasteiger partial charge in [-0.15, -0.1) is 0 Å². The minimum Gasteiger partial charge on any atom is -0.391 e. The maximum Gasteiger partial charge on any atom is 0.184 e. The molecule has 5 atom stereocenters. The van der Waals surface area contributed by atoms with Crippen molar-refractivity contribution in [3.8, 4) is 0 Å². The number of aliphatic hydroxyl groups is 2. The Balaban J connectivity index is 2.15. The van der Waals surface area contributed by atoms with Gasteiger partial charge in [0.25, 0.3) is 0 Å². The molecule has 0 aliphatic carbocycles. The Bertz CT molecular complexity index is 225. The molecule has 0 radical (unpaired) electrons. The second-order valence-corrected chi connectivity index (χ2v) is 4.30. The van der Waals surface area contributed by atoms with Crippen molar-refractivity contribution in [2.24, 2.45) is 0 Å². The molecule has 0 bridgehead atoms. The second kappa shape index (κ2) is 3.15. The Morgan fingerprint density at radius 1 is 1.21 bits per heavy atom. The van der Waals surface area contributed by atoms with Crippen molar-refractivity contribution in [2.75, 3.05) is 0 Å².